The second-order valence-corrected chi connectivity index (χ2v) is 4.87. The van der Waals surface area contributed by atoms with Crippen molar-refractivity contribution in [3.63, 3.8) is 0 Å². The zero-order chi connectivity index (χ0) is 14.0. The van der Waals surface area contributed by atoms with Crippen molar-refractivity contribution in [1.29, 1.82) is 0 Å². The van der Waals surface area contributed by atoms with Crippen molar-refractivity contribution in [2.75, 3.05) is 0 Å². The van der Waals surface area contributed by atoms with Gasteiger partial charge in [0.1, 0.15) is 5.69 Å². The van der Waals surface area contributed by atoms with Gasteiger partial charge in [-0.1, -0.05) is 28.1 Å². The summed E-state index contributed by atoms with van der Waals surface area (Å²) in [6.07, 6.45) is -3.49. The summed E-state index contributed by atoms with van der Waals surface area (Å²) in [6, 6.07) is 6.92. The molecular weight excluding hydrogens is 325 g/mol. The zero-order valence-corrected chi connectivity index (χ0v) is 11.2. The molecule has 1 heterocycles. The molecule has 0 aliphatic carbocycles. The summed E-state index contributed by atoms with van der Waals surface area (Å²) in [5.41, 5.74) is -0.427. The van der Waals surface area contributed by atoms with Gasteiger partial charge in [0.15, 0.2) is 0 Å². The summed E-state index contributed by atoms with van der Waals surface area (Å²) in [5, 5.41) is 12.6. The fraction of sp³-hybridized carbons (Fsp3) is 0.250. The Labute approximate surface area is 115 Å². The smallest absolute Gasteiger partial charge is 0.392 e. The van der Waals surface area contributed by atoms with E-state index in [0.717, 1.165) is 15.4 Å². The predicted molar refractivity (Wildman–Crippen MR) is 66.4 cm³/mol. The van der Waals surface area contributed by atoms with E-state index in [9.17, 15) is 13.2 Å². The summed E-state index contributed by atoms with van der Waals surface area (Å²) in [6.45, 7) is -0.683. The Balaban J connectivity index is 2.35. The van der Waals surface area contributed by atoms with Crippen LogP contribution in [0.1, 0.15) is 16.8 Å². The lowest BCUT2D eigenvalue weighted by molar-refractivity contribution is -0.145. The Morgan fingerprint density at radius 1 is 1.21 bits per heavy atom. The molecule has 0 saturated carbocycles. The van der Waals surface area contributed by atoms with Gasteiger partial charge in [-0.3, -0.25) is 4.68 Å². The lowest BCUT2D eigenvalue weighted by Crippen LogP contribution is -2.17. The first-order valence-electron chi connectivity index (χ1n) is 5.39. The van der Waals surface area contributed by atoms with Crippen LogP contribution in [-0.2, 0) is 19.3 Å². The summed E-state index contributed by atoms with van der Waals surface area (Å²) in [5.74, 6) is 0. The summed E-state index contributed by atoms with van der Waals surface area (Å²) >= 11 is 3.26. The van der Waals surface area contributed by atoms with Crippen LogP contribution >= 0.6 is 15.9 Å². The Bertz CT molecular complexity index is 563. The SMILES string of the molecule is OCc1cnn(Cc2ccc(Br)cc2)c1C(F)(F)F. The van der Waals surface area contributed by atoms with Crippen LogP contribution in [0.5, 0.6) is 0 Å². The second kappa shape index (κ2) is 5.34. The van der Waals surface area contributed by atoms with E-state index in [1.807, 2.05) is 0 Å². The number of rotatable bonds is 3. The van der Waals surface area contributed by atoms with Crippen LogP contribution in [0.4, 0.5) is 13.2 Å². The fourth-order valence-electron chi connectivity index (χ4n) is 1.75. The lowest BCUT2D eigenvalue weighted by atomic mass is 10.2. The van der Waals surface area contributed by atoms with E-state index in [4.69, 9.17) is 5.11 Å². The zero-order valence-electron chi connectivity index (χ0n) is 9.65. The molecule has 1 aromatic heterocycles. The van der Waals surface area contributed by atoms with Gasteiger partial charge in [0.05, 0.1) is 19.3 Å². The molecule has 0 fully saturated rings. The summed E-state index contributed by atoms with van der Waals surface area (Å²) < 4.78 is 40.5. The number of hydrogen-bond acceptors (Lipinski definition) is 2. The Morgan fingerprint density at radius 3 is 2.37 bits per heavy atom. The molecule has 0 bridgehead atoms. The molecule has 7 heteroatoms. The van der Waals surface area contributed by atoms with Gasteiger partial charge in [-0.15, -0.1) is 0 Å². The normalized spacial score (nSPS) is 11.8. The van der Waals surface area contributed by atoms with E-state index < -0.39 is 18.5 Å². The molecule has 3 nitrogen and oxygen atoms in total. The van der Waals surface area contributed by atoms with Crippen molar-refractivity contribution in [3.05, 3.63) is 51.8 Å². The molecule has 0 aliphatic rings. The van der Waals surface area contributed by atoms with Crippen LogP contribution < -0.4 is 0 Å². The van der Waals surface area contributed by atoms with Crippen LogP contribution in [0, 0.1) is 0 Å². The van der Waals surface area contributed by atoms with Gasteiger partial charge in [0, 0.05) is 10.0 Å². The highest BCUT2D eigenvalue weighted by atomic mass is 79.9. The number of aromatic nitrogens is 2. The maximum absolute atomic E-state index is 12.9. The maximum Gasteiger partial charge on any atom is 0.433 e. The average molecular weight is 335 g/mol. The molecule has 0 saturated heterocycles. The van der Waals surface area contributed by atoms with Crippen LogP contribution in [0.25, 0.3) is 0 Å². The minimum atomic E-state index is -4.54. The summed E-state index contributed by atoms with van der Waals surface area (Å²) in [4.78, 5) is 0. The maximum atomic E-state index is 12.9. The van der Waals surface area contributed by atoms with E-state index in [1.54, 1.807) is 24.3 Å². The standard InChI is InChI=1S/C12H10BrF3N2O/c13-10-3-1-8(2-4-10)6-18-11(12(14,15)16)9(7-19)5-17-18/h1-5,19H,6-7H2. The third-order valence-corrected chi connectivity index (χ3v) is 3.13. The third-order valence-electron chi connectivity index (χ3n) is 2.60. The van der Waals surface area contributed by atoms with Gasteiger partial charge in [-0.2, -0.15) is 18.3 Å². The molecule has 1 N–H and O–H groups in total. The monoisotopic (exact) mass is 334 g/mol. The van der Waals surface area contributed by atoms with Crippen LogP contribution in [0.15, 0.2) is 34.9 Å². The Kier molecular flexibility index (Phi) is 3.96. The van der Waals surface area contributed by atoms with Gasteiger partial charge in [0.2, 0.25) is 0 Å². The molecule has 0 unspecified atom stereocenters. The van der Waals surface area contributed by atoms with E-state index in [2.05, 4.69) is 21.0 Å². The van der Waals surface area contributed by atoms with Crippen molar-refractivity contribution < 1.29 is 18.3 Å². The van der Waals surface area contributed by atoms with Crippen molar-refractivity contribution in [2.45, 2.75) is 19.3 Å². The molecule has 1 aromatic carbocycles. The molecule has 0 spiro atoms. The highest BCUT2D eigenvalue weighted by Crippen LogP contribution is 2.32. The van der Waals surface area contributed by atoms with Crippen molar-refractivity contribution >= 4 is 15.9 Å². The molecule has 2 rings (SSSR count). The van der Waals surface area contributed by atoms with E-state index in [1.165, 1.54) is 0 Å². The van der Waals surface area contributed by atoms with Crippen LogP contribution in [0.3, 0.4) is 0 Å². The van der Waals surface area contributed by atoms with E-state index in [0.29, 0.717) is 5.56 Å². The number of benzene rings is 1. The van der Waals surface area contributed by atoms with Gasteiger partial charge < -0.3 is 5.11 Å². The lowest BCUT2D eigenvalue weighted by Gasteiger charge is -2.12. The van der Waals surface area contributed by atoms with Crippen LogP contribution in [0.2, 0.25) is 0 Å². The van der Waals surface area contributed by atoms with Gasteiger partial charge in [-0.25, -0.2) is 0 Å². The largest absolute Gasteiger partial charge is 0.433 e. The minimum absolute atomic E-state index is 0.00211. The first-order chi connectivity index (χ1) is 8.91. The topological polar surface area (TPSA) is 38.1 Å². The minimum Gasteiger partial charge on any atom is -0.392 e. The fourth-order valence-corrected chi connectivity index (χ4v) is 2.02. The Morgan fingerprint density at radius 2 is 1.84 bits per heavy atom. The second-order valence-electron chi connectivity index (χ2n) is 3.96. The number of halogens is 4. The molecular formula is C12H10BrF3N2O. The molecule has 2 aromatic rings. The quantitative estimate of drug-likeness (QED) is 0.935. The van der Waals surface area contributed by atoms with E-state index in [-0.39, 0.29) is 12.1 Å². The number of aliphatic hydroxyl groups is 1. The summed E-state index contributed by atoms with van der Waals surface area (Å²) in [7, 11) is 0. The number of alkyl halides is 3. The van der Waals surface area contributed by atoms with Gasteiger partial charge >= 0.3 is 6.18 Å². The first kappa shape index (κ1) is 14.1. The van der Waals surface area contributed by atoms with Crippen LogP contribution in [-0.4, -0.2) is 14.9 Å². The van der Waals surface area contributed by atoms with Gasteiger partial charge in [-0.05, 0) is 17.7 Å². The first-order valence-corrected chi connectivity index (χ1v) is 6.18. The third kappa shape index (κ3) is 3.16. The van der Waals surface area contributed by atoms with Crippen molar-refractivity contribution in [1.82, 2.24) is 9.78 Å². The predicted octanol–water partition coefficient (Wildman–Crippen LogP) is 3.21. The number of aliphatic hydroxyl groups excluding tert-OH is 1. The highest BCUT2D eigenvalue weighted by Gasteiger charge is 2.37. The molecule has 0 atom stereocenters. The van der Waals surface area contributed by atoms with Crippen molar-refractivity contribution in [2.24, 2.45) is 0 Å². The molecule has 0 radical (unpaired) electrons. The van der Waals surface area contributed by atoms with Gasteiger partial charge in [0.25, 0.3) is 0 Å². The Hall–Kier alpha value is -1.34. The molecule has 0 amide bonds. The van der Waals surface area contributed by atoms with E-state index >= 15 is 0 Å². The molecule has 0 aliphatic heterocycles. The number of hydrogen-bond donors (Lipinski definition) is 1. The highest BCUT2D eigenvalue weighted by molar-refractivity contribution is 9.10. The average Bonchev–Trinajstić information content (AvgIpc) is 2.75. The molecule has 19 heavy (non-hydrogen) atoms. The van der Waals surface area contributed by atoms with Crippen molar-refractivity contribution in [3.8, 4) is 0 Å². The molecule has 102 valence electrons. The number of nitrogens with zero attached hydrogens (tertiary/aromatic N) is 2.